The molecule has 0 aromatic heterocycles. The smallest absolute Gasteiger partial charge is 0.434 e. The first kappa shape index (κ1) is 17.2. The topological polar surface area (TPSA) is 59.0 Å². The van der Waals surface area contributed by atoms with Gasteiger partial charge in [0.1, 0.15) is 5.60 Å². The van der Waals surface area contributed by atoms with Gasteiger partial charge in [-0.25, -0.2) is 4.79 Å². The Bertz CT molecular complexity index is 271. The lowest BCUT2D eigenvalue weighted by Gasteiger charge is -2.32. The van der Waals surface area contributed by atoms with Crippen molar-refractivity contribution in [2.45, 2.75) is 59.6 Å². The fourth-order valence-electron chi connectivity index (χ4n) is 1.82. The minimum absolute atomic E-state index is 0.114. The number of hydroxylamine groups is 2. The van der Waals surface area contributed by atoms with Gasteiger partial charge in [-0.15, -0.1) is 0 Å². The van der Waals surface area contributed by atoms with Crippen LogP contribution in [0.4, 0.5) is 4.79 Å². The van der Waals surface area contributed by atoms with Crippen LogP contribution >= 0.6 is 0 Å². The van der Waals surface area contributed by atoms with Crippen molar-refractivity contribution in [1.29, 1.82) is 0 Å². The van der Waals surface area contributed by atoms with Gasteiger partial charge in [0.25, 0.3) is 0 Å². The summed E-state index contributed by atoms with van der Waals surface area (Å²) in [4.78, 5) is 11.7. The third-order valence-electron chi connectivity index (χ3n) is 2.38. The summed E-state index contributed by atoms with van der Waals surface area (Å²) in [5, 5.41) is 10.5. The molecule has 1 N–H and O–H groups in total. The molecule has 18 heavy (non-hydrogen) atoms. The number of hydrogen-bond donors (Lipinski definition) is 1. The number of methoxy groups -OCH3 is 1. The van der Waals surface area contributed by atoms with Crippen LogP contribution in [0.3, 0.4) is 0 Å². The zero-order valence-corrected chi connectivity index (χ0v) is 12.6. The Labute approximate surface area is 110 Å². The molecular weight excluding hydrogens is 234 g/mol. The number of rotatable bonds is 5. The molecule has 0 rings (SSSR count). The van der Waals surface area contributed by atoms with Gasteiger partial charge in [0.05, 0.1) is 12.6 Å². The van der Waals surface area contributed by atoms with E-state index in [1.54, 1.807) is 34.8 Å². The van der Waals surface area contributed by atoms with Crippen LogP contribution in [0, 0.1) is 5.41 Å². The van der Waals surface area contributed by atoms with Gasteiger partial charge < -0.3 is 9.47 Å². The average Bonchev–Trinajstić information content (AvgIpc) is 2.12. The lowest BCUT2D eigenvalue weighted by atomic mass is 9.87. The molecule has 1 unspecified atom stereocenters. The Balaban J connectivity index is 4.42. The Kier molecular flexibility index (Phi) is 6.10. The molecule has 0 aliphatic carbocycles. The van der Waals surface area contributed by atoms with Crippen molar-refractivity contribution in [3.63, 3.8) is 0 Å². The molecule has 0 bridgehead atoms. The molecule has 0 spiro atoms. The van der Waals surface area contributed by atoms with Gasteiger partial charge in [-0.3, -0.25) is 5.21 Å². The van der Waals surface area contributed by atoms with E-state index in [1.165, 1.54) is 0 Å². The first-order valence-electron chi connectivity index (χ1n) is 6.18. The quantitative estimate of drug-likeness (QED) is 0.610. The third kappa shape index (κ3) is 6.81. The van der Waals surface area contributed by atoms with E-state index in [0.717, 1.165) is 0 Å². The second kappa shape index (κ2) is 6.38. The van der Waals surface area contributed by atoms with Crippen LogP contribution in [0.2, 0.25) is 0 Å². The molecule has 108 valence electrons. The number of hydrogen-bond acceptors (Lipinski definition) is 4. The predicted octanol–water partition coefficient (Wildman–Crippen LogP) is 3.06. The summed E-state index contributed by atoms with van der Waals surface area (Å²) >= 11 is 0. The minimum atomic E-state index is -0.719. The highest BCUT2D eigenvalue weighted by Crippen LogP contribution is 2.25. The summed E-state index contributed by atoms with van der Waals surface area (Å²) in [6.07, 6.45) is -0.0976. The van der Waals surface area contributed by atoms with E-state index in [0.29, 0.717) is 18.1 Å². The van der Waals surface area contributed by atoms with E-state index in [2.05, 4.69) is 0 Å². The Hall–Kier alpha value is -0.810. The summed E-state index contributed by atoms with van der Waals surface area (Å²) in [7, 11) is 1.64. The van der Waals surface area contributed by atoms with E-state index in [9.17, 15) is 10.0 Å². The summed E-state index contributed by atoms with van der Waals surface area (Å²) in [6, 6.07) is -0.329. The number of amides is 1. The van der Waals surface area contributed by atoms with Crippen LogP contribution in [-0.2, 0) is 9.47 Å². The number of carbonyl (C=O) groups excluding carboxylic acids is 1. The summed E-state index contributed by atoms with van der Waals surface area (Å²) < 4.78 is 10.2. The van der Waals surface area contributed by atoms with Crippen LogP contribution in [-0.4, -0.2) is 41.7 Å². The fourth-order valence-corrected chi connectivity index (χ4v) is 1.82. The molecule has 0 aromatic carbocycles. The highest BCUT2D eigenvalue weighted by Gasteiger charge is 2.29. The average molecular weight is 261 g/mol. The van der Waals surface area contributed by atoms with E-state index in [1.807, 2.05) is 13.8 Å². The first-order chi connectivity index (χ1) is 7.98. The molecule has 5 heteroatoms. The SMILES string of the molecule is COCC(C)(C)CC(C)N(O)C(=O)OC(C)(C)C. The van der Waals surface area contributed by atoms with Crippen molar-refractivity contribution in [1.82, 2.24) is 5.06 Å². The van der Waals surface area contributed by atoms with Crippen molar-refractivity contribution in [3.8, 4) is 0 Å². The van der Waals surface area contributed by atoms with Crippen LogP contribution in [0.25, 0.3) is 0 Å². The normalized spacial score (nSPS) is 14.2. The molecule has 0 aliphatic rings. The van der Waals surface area contributed by atoms with Crippen molar-refractivity contribution < 1.29 is 19.5 Å². The van der Waals surface area contributed by atoms with Crippen LogP contribution < -0.4 is 0 Å². The van der Waals surface area contributed by atoms with Crippen molar-refractivity contribution in [3.05, 3.63) is 0 Å². The molecule has 0 saturated carbocycles. The molecule has 0 fully saturated rings. The predicted molar refractivity (Wildman–Crippen MR) is 69.6 cm³/mol. The maximum absolute atomic E-state index is 11.7. The largest absolute Gasteiger partial charge is 0.442 e. The maximum Gasteiger partial charge on any atom is 0.434 e. The number of carbonyl (C=O) groups is 1. The highest BCUT2D eigenvalue weighted by atomic mass is 16.6. The molecule has 0 radical (unpaired) electrons. The first-order valence-corrected chi connectivity index (χ1v) is 6.18. The van der Waals surface area contributed by atoms with E-state index < -0.39 is 11.7 Å². The highest BCUT2D eigenvalue weighted by molar-refractivity contribution is 5.66. The second-order valence-corrected chi connectivity index (χ2v) is 6.48. The molecular formula is C13H27NO4. The molecule has 0 aliphatic heterocycles. The van der Waals surface area contributed by atoms with E-state index in [4.69, 9.17) is 9.47 Å². The summed E-state index contributed by atoms with van der Waals surface area (Å²) in [6.45, 7) is 11.7. The third-order valence-corrected chi connectivity index (χ3v) is 2.38. The zero-order valence-electron chi connectivity index (χ0n) is 12.6. The van der Waals surface area contributed by atoms with E-state index in [-0.39, 0.29) is 11.5 Å². The van der Waals surface area contributed by atoms with Gasteiger partial charge in [0.15, 0.2) is 0 Å². The van der Waals surface area contributed by atoms with Crippen LogP contribution in [0.15, 0.2) is 0 Å². The molecule has 0 aromatic rings. The molecule has 1 amide bonds. The lowest BCUT2D eigenvalue weighted by Crippen LogP contribution is -2.42. The molecule has 0 saturated heterocycles. The van der Waals surface area contributed by atoms with Gasteiger partial charge in [-0.1, -0.05) is 13.8 Å². The van der Waals surface area contributed by atoms with Crippen LogP contribution in [0.5, 0.6) is 0 Å². The standard InChI is InChI=1S/C13H27NO4/c1-10(8-13(5,6)9-17-7)14(16)11(15)18-12(2,3)4/h10,16H,8-9H2,1-7H3. The van der Waals surface area contributed by atoms with Crippen molar-refractivity contribution in [2.75, 3.05) is 13.7 Å². The van der Waals surface area contributed by atoms with Crippen molar-refractivity contribution >= 4 is 6.09 Å². The molecule has 5 nitrogen and oxygen atoms in total. The summed E-state index contributed by atoms with van der Waals surface area (Å²) in [5.41, 5.74) is -0.725. The Morgan fingerprint density at radius 3 is 2.17 bits per heavy atom. The second-order valence-electron chi connectivity index (χ2n) is 6.48. The number of nitrogens with zero attached hydrogens (tertiary/aromatic N) is 1. The molecule has 0 heterocycles. The van der Waals surface area contributed by atoms with Crippen LogP contribution in [0.1, 0.15) is 48.0 Å². The van der Waals surface area contributed by atoms with Gasteiger partial charge >= 0.3 is 6.09 Å². The summed E-state index contributed by atoms with van der Waals surface area (Å²) in [5.74, 6) is 0. The van der Waals surface area contributed by atoms with Gasteiger partial charge in [0, 0.05) is 7.11 Å². The Morgan fingerprint density at radius 2 is 1.78 bits per heavy atom. The maximum atomic E-state index is 11.7. The molecule has 1 atom stereocenters. The number of ether oxygens (including phenoxy) is 2. The monoisotopic (exact) mass is 261 g/mol. The van der Waals surface area contributed by atoms with Gasteiger partial charge in [-0.2, -0.15) is 5.06 Å². The van der Waals surface area contributed by atoms with Gasteiger partial charge in [-0.05, 0) is 39.5 Å². The zero-order chi connectivity index (χ0) is 14.6. The Morgan fingerprint density at radius 1 is 1.28 bits per heavy atom. The van der Waals surface area contributed by atoms with Gasteiger partial charge in [0.2, 0.25) is 0 Å². The fraction of sp³-hybridized carbons (Fsp3) is 0.923. The van der Waals surface area contributed by atoms with Crippen molar-refractivity contribution in [2.24, 2.45) is 5.41 Å². The lowest BCUT2D eigenvalue weighted by molar-refractivity contribution is -0.124. The minimum Gasteiger partial charge on any atom is -0.442 e. The van der Waals surface area contributed by atoms with E-state index >= 15 is 0 Å².